The van der Waals surface area contributed by atoms with Gasteiger partial charge < -0.3 is 5.32 Å². The number of rotatable bonds is 8. The summed E-state index contributed by atoms with van der Waals surface area (Å²) >= 11 is 0. The summed E-state index contributed by atoms with van der Waals surface area (Å²) in [6, 6.07) is 0.841. The van der Waals surface area contributed by atoms with Crippen molar-refractivity contribution in [3.8, 4) is 0 Å². The molecule has 3 nitrogen and oxygen atoms in total. The molecule has 3 heteroatoms. The fourth-order valence-electron chi connectivity index (χ4n) is 2.35. The third-order valence-electron chi connectivity index (χ3n) is 3.57. The third-order valence-corrected chi connectivity index (χ3v) is 3.57. The lowest BCUT2D eigenvalue weighted by Gasteiger charge is -2.16. The summed E-state index contributed by atoms with van der Waals surface area (Å²) in [5.41, 5.74) is 1.38. The summed E-state index contributed by atoms with van der Waals surface area (Å²) in [4.78, 5) is 0. The first-order valence-electron chi connectivity index (χ1n) is 6.99. The number of hydrogen-bond acceptors (Lipinski definition) is 2. The molecule has 17 heavy (non-hydrogen) atoms. The van der Waals surface area contributed by atoms with Crippen molar-refractivity contribution in [3.05, 3.63) is 18.0 Å². The molecule has 0 aromatic carbocycles. The number of nitrogens with one attached hydrogen (secondary N) is 1. The highest BCUT2D eigenvalue weighted by Gasteiger charge is 2.21. The number of aryl methyl sites for hydroxylation is 2. The highest BCUT2D eigenvalue weighted by molar-refractivity contribution is 5.03. The molecule has 1 aromatic rings. The molecule has 1 aliphatic carbocycles. The first-order valence-corrected chi connectivity index (χ1v) is 6.99. The smallest absolute Gasteiger partial charge is 0.0521 e. The van der Waals surface area contributed by atoms with E-state index < -0.39 is 0 Å². The molecule has 0 amide bonds. The van der Waals surface area contributed by atoms with Gasteiger partial charge in [0.1, 0.15) is 0 Å². The Kier molecular flexibility index (Phi) is 4.60. The first-order chi connectivity index (χ1) is 8.28. The Bertz CT molecular complexity index is 328. The first kappa shape index (κ1) is 12.6. The van der Waals surface area contributed by atoms with Crippen LogP contribution in [0, 0.1) is 5.92 Å². The standard InChI is InChI=1S/C14H25N3/c1-3-4-12(9-15-14-7-8-14)5-6-13-10-16-17(2)11-13/h10-12,14-15H,3-9H2,1-2H3. The van der Waals surface area contributed by atoms with E-state index in [0.717, 1.165) is 12.0 Å². The van der Waals surface area contributed by atoms with E-state index in [4.69, 9.17) is 0 Å². The van der Waals surface area contributed by atoms with Gasteiger partial charge in [-0.25, -0.2) is 0 Å². The summed E-state index contributed by atoms with van der Waals surface area (Å²) in [7, 11) is 1.99. The van der Waals surface area contributed by atoms with Gasteiger partial charge in [0, 0.05) is 19.3 Å². The zero-order valence-electron chi connectivity index (χ0n) is 11.2. The van der Waals surface area contributed by atoms with E-state index in [-0.39, 0.29) is 0 Å². The van der Waals surface area contributed by atoms with E-state index in [1.807, 2.05) is 17.9 Å². The van der Waals surface area contributed by atoms with Crippen LogP contribution >= 0.6 is 0 Å². The van der Waals surface area contributed by atoms with Crippen LogP contribution in [0.3, 0.4) is 0 Å². The van der Waals surface area contributed by atoms with Crippen LogP contribution in [0.1, 0.15) is 44.6 Å². The molecule has 1 N–H and O–H groups in total. The van der Waals surface area contributed by atoms with Crippen molar-refractivity contribution < 1.29 is 0 Å². The van der Waals surface area contributed by atoms with Crippen LogP contribution in [0.15, 0.2) is 12.4 Å². The van der Waals surface area contributed by atoms with Crippen molar-refractivity contribution in [2.24, 2.45) is 13.0 Å². The molecule has 1 atom stereocenters. The van der Waals surface area contributed by atoms with Gasteiger partial charge in [-0.15, -0.1) is 0 Å². The predicted molar refractivity (Wildman–Crippen MR) is 71.0 cm³/mol. The van der Waals surface area contributed by atoms with Crippen LogP contribution in [-0.2, 0) is 13.5 Å². The summed E-state index contributed by atoms with van der Waals surface area (Å²) in [6.07, 6.45) is 12.0. The second-order valence-corrected chi connectivity index (χ2v) is 5.40. The minimum Gasteiger partial charge on any atom is -0.314 e. The SMILES string of the molecule is CCCC(CCc1cnn(C)c1)CNC1CC1. The zero-order valence-corrected chi connectivity index (χ0v) is 11.2. The Morgan fingerprint density at radius 1 is 1.47 bits per heavy atom. The lowest BCUT2D eigenvalue weighted by atomic mass is 9.96. The van der Waals surface area contributed by atoms with Gasteiger partial charge in [0.05, 0.1) is 6.20 Å². The lowest BCUT2D eigenvalue weighted by molar-refractivity contribution is 0.413. The molecule has 1 unspecified atom stereocenters. The monoisotopic (exact) mass is 235 g/mol. The molecule has 0 aliphatic heterocycles. The van der Waals surface area contributed by atoms with Crippen LogP contribution in [0.5, 0.6) is 0 Å². The molecule has 0 saturated heterocycles. The summed E-state index contributed by atoms with van der Waals surface area (Å²) in [6.45, 7) is 3.49. The van der Waals surface area contributed by atoms with Gasteiger partial charge in [0.25, 0.3) is 0 Å². The molecule has 1 aliphatic rings. The summed E-state index contributed by atoms with van der Waals surface area (Å²) < 4.78 is 1.90. The maximum absolute atomic E-state index is 4.23. The second kappa shape index (κ2) is 6.20. The van der Waals surface area contributed by atoms with E-state index in [1.165, 1.54) is 50.6 Å². The Hall–Kier alpha value is -0.830. The maximum Gasteiger partial charge on any atom is 0.0521 e. The lowest BCUT2D eigenvalue weighted by Crippen LogP contribution is -2.25. The highest BCUT2D eigenvalue weighted by atomic mass is 15.2. The molecule has 96 valence electrons. The minimum atomic E-state index is 0.834. The van der Waals surface area contributed by atoms with Crippen LogP contribution in [0.4, 0.5) is 0 Å². The van der Waals surface area contributed by atoms with Crippen molar-refractivity contribution in [2.75, 3.05) is 6.54 Å². The van der Waals surface area contributed by atoms with E-state index in [0.29, 0.717) is 0 Å². The normalized spacial score (nSPS) is 17.3. The van der Waals surface area contributed by atoms with Crippen LogP contribution in [0.2, 0.25) is 0 Å². The van der Waals surface area contributed by atoms with Gasteiger partial charge in [-0.3, -0.25) is 4.68 Å². The van der Waals surface area contributed by atoms with Gasteiger partial charge in [-0.05, 0) is 50.1 Å². The van der Waals surface area contributed by atoms with Gasteiger partial charge in [0.2, 0.25) is 0 Å². The average Bonchev–Trinajstić information content (AvgIpc) is 3.05. The Morgan fingerprint density at radius 2 is 2.29 bits per heavy atom. The van der Waals surface area contributed by atoms with Crippen LogP contribution in [0.25, 0.3) is 0 Å². The molecule has 1 saturated carbocycles. The number of hydrogen-bond donors (Lipinski definition) is 1. The van der Waals surface area contributed by atoms with Crippen molar-refractivity contribution in [1.29, 1.82) is 0 Å². The molecule has 0 spiro atoms. The van der Waals surface area contributed by atoms with Crippen molar-refractivity contribution in [1.82, 2.24) is 15.1 Å². The van der Waals surface area contributed by atoms with E-state index in [1.54, 1.807) is 0 Å². The Balaban J connectivity index is 1.71. The zero-order chi connectivity index (χ0) is 12.1. The molecule has 1 aromatic heterocycles. The second-order valence-electron chi connectivity index (χ2n) is 5.40. The Labute approximate surface area is 105 Å². The van der Waals surface area contributed by atoms with E-state index >= 15 is 0 Å². The molecular weight excluding hydrogens is 210 g/mol. The summed E-state index contributed by atoms with van der Waals surface area (Å²) in [5, 5.41) is 7.89. The number of nitrogens with zero attached hydrogens (tertiary/aromatic N) is 2. The Morgan fingerprint density at radius 3 is 2.88 bits per heavy atom. The van der Waals surface area contributed by atoms with E-state index in [2.05, 4.69) is 23.5 Å². The predicted octanol–water partition coefficient (Wildman–Crippen LogP) is 2.52. The third kappa shape index (κ3) is 4.50. The molecule has 0 radical (unpaired) electrons. The van der Waals surface area contributed by atoms with Crippen LogP contribution in [-0.4, -0.2) is 22.4 Å². The van der Waals surface area contributed by atoms with Gasteiger partial charge in [0.15, 0.2) is 0 Å². The van der Waals surface area contributed by atoms with Crippen molar-refractivity contribution in [3.63, 3.8) is 0 Å². The fraction of sp³-hybridized carbons (Fsp3) is 0.786. The molecule has 1 heterocycles. The molecule has 0 bridgehead atoms. The highest BCUT2D eigenvalue weighted by Crippen LogP contribution is 2.21. The maximum atomic E-state index is 4.23. The average molecular weight is 235 g/mol. The van der Waals surface area contributed by atoms with Crippen molar-refractivity contribution >= 4 is 0 Å². The van der Waals surface area contributed by atoms with Gasteiger partial charge in [-0.2, -0.15) is 5.10 Å². The molecule has 1 fully saturated rings. The number of aromatic nitrogens is 2. The fourth-order valence-corrected chi connectivity index (χ4v) is 2.35. The van der Waals surface area contributed by atoms with Gasteiger partial charge >= 0.3 is 0 Å². The van der Waals surface area contributed by atoms with Crippen LogP contribution < -0.4 is 5.32 Å². The van der Waals surface area contributed by atoms with E-state index in [9.17, 15) is 0 Å². The minimum absolute atomic E-state index is 0.834. The van der Waals surface area contributed by atoms with Crippen molar-refractivity contribution in [2.45, 2.75) is 51.5 Å². The molecular formula is C14H25N3. The topological polar surface area (TPSA) is 29.9 Å². The summed E-state index contributed by atoms with van der Waals surface area (Å²) in [5.74, 6) is 0.834. The molecule has 2 rings (SSSR count). The quantitative estimate of drug-likeness (QED) is 0.750. The largest absolute Gasteiger partial charge is 0.314 e. The van der Waals surface area contributed by atoms with Gasteiger partial charge in [-0.1, -0.05) is 13.3 Å².